The summed E-state index contributed by atoms with van der Waals surface area (Å²) in [6.07, 6.45) is 2.36. The molecule has 0 bridgehead atoms. The number of methoxy groups -OCH3 is 3. The molecule has 260 valence electrons. The number of likely N-dealkylation sites (tertiary alicyclic amines) is 1. The lowest BCUT2D eigenvalue weighted by atomic mass is 9.49. The number of imide groups is 2. The van der Waals surface area contributed by atoms with Gasteiger partial charge in [-0.3, -0.25) is 29.5 Å². The van der Waals surface area contributed by atoms with Crippen molar-refractivity contribution in [2.45, 2.75) is 31.1 Å². The van der Waals surface area contributed by atoms with Gasteiger partial charge in [-0.2, -0.15) is 5.01 Å². The van der Waals surface area contributed by atoms with E-state index in [1.807, 2.05) is 6.08 Å². The van der Waals surface area contributed by atoms with E-state index >= 15 is 4.79 Å². The molecule has 6 atom stereocenters. The number of carbonyl (C=O) groups excluding carboxylic acids is 4. The van der Waals surface area contributed by atoms with E-state index in [1.54, 1.807) is 55.5 Å². The second-order valence-corrected chi connectivity index (χ2v) is 13.8. The molecule has 2 N–H and O–H groups in total. The van der Waals surface area contributed by atoms with Crippen LogP contribution in [-0.2, 0) is 24.6 Å². The molecule has 1 saturated carbocycles. The van der Waals surface area contributed by atoms with Crippen molar-refractivity contribution >= 4 is 52.5 Å². The first kappa shape index (κ1) is 33.7. The summed E-state index contributed by atoms with van der Waals surface area (Å²) in [5, 5.41) is 12.5. The molecule has 3 fully saturated rings. The van der Waals surface area contributed by atoms with Crippen LogP contribution in [0.5, 0.6) is 23.0 Å². The Morgan fingerprint density at radius 2 is 1.56 bits per heavy atom. The van der Waals surface area contributed by atoms with Crippen LogP contribution in [0.2, 0.25) is 10.0 Å². The van der Waals surface area contributed by atoms with E-state index in [2.05, 4.69) is 5.43 Å². The van der Waals surface area contributed by atoms with Gasteiger partial charge in [0.2, 0.25) is 17.6 Å². The Labute approximate surface area is 298 Å². The minimum absolute atomic E-state index is 0.0983. The van der Waals surface area contributed by atoms with Gasteiger partial charge in [0.05, 0.1) is 55.2 Å². The van der Waals surface area contributed by atoms with Gasteiger partial charge < -0.3 is 19.3 Å². The molecule has 7 rings (SSSR count). The maximum absolute atomic E-state index is 15.4. The highest BCUT2D eigenvalue weighted by Gasteiger charge is 2.70. The summed E-state index contributed by atoms with van der Waals surface area (Å²) < 4.78 is 16.6. The van der Waals surface area contributed by atoms with Gasteiger partial charge in [0.15, 0.2) is 11.5 Å². The van der Waals surface area contributed by atoms with Crippen LogP contribution in [-0.4, -0.2) is 66.5 Å². The zero-order valence-electron chi connectivity index (χ0n) is 27.7. The smallest absolute Gasteiger partial charge is 0.260 e. The van der Waals surface area contributed by atoms with Crippen molar-refractivity contribution in [2.24, 2.45) is 23.7 Å². The minimum atomic E-state index is -1.58. The third-order valence-corrected chi connectivity index (χ3v) is 11.4. The Kier molecular flexibility index (Phi) is 8.47. The third kappa shape index (κ3) is 4.77. The summed E-state index contributed by atoms with van der Waals surface area (Å²) in [6.45, 7) is 2.00. The molecule has 11 nitrogen and oxygen atoms in total. The number of halogens is 2. The number of nitrogens with zero attached hydrogens (tertiary/aromatic N) is 2. The second kappa shape index (κ2) is 12.5. The Bertz CT molecular complexity index is 1940. The number of carbonyl (C=O) groups is 4. The molecule has 0 unspecified atom stereocenters. The number of allylic oxidation sites excluding steroid dienone is 2. The van der Waals surface area contributed by atoms with E-state index in [0.717, 1.165) is 10.6 Å². The second-order valence-electron chi connectivity index (χ2n) is 12.9. The first-order valence-corrected chi connectivity index (χ1v) is 17.0. The van der Waals surface area contributed by atoms with Crippen molar-refractivity contribution in [2.75, 3.05) is 33.3 Å². The molecule has 2 heterocycles. The van der Waals surface area contributed by atoms with Crippen LogP contribution < -0.4 is 19.6 Å². The fraction of sp³-hybridized carbons (Fsp3) is 0.351. The minimum Gasteiger partial charge on any atom is -0.502 e. The van der Waals surface area contributed by atoms with E-state index in [0.29, 0.717) is 21.9 Å². The molecule has 3 aromatic carbocycles. The molecule has 2 aliphatic carbocycles. The van der Waals surface area contributed by atoms with Gasteiger partial charge in [0.25, 0.3) is 11.8 Å². The van der Waals surface area contributed by atoms with Crippen molar-refractivity contribution < 1.29 is 38.5 Å². The van der Waals surface area contributed by atoms with Gasteiger partial charge in [0.1, 0.15) is 5.75 Å². The maximum atomic E-state index is 15.4. The van der Waals surface area contributed by atoms with Crippen molar-refractivity contribution in [1.29, 1.82) is 0 Å². The molecule has 0 aromatic heterocycles. The normalized spacial score (nSPS) is 27.1. The average molecular weight is 721 g/mol. The molecule has 50 heavy (non-hydrogen) atoms. The fourth-order valence-electron chi connectivity index (χ4n) is 8.68. The van der Waals surface area contributed by atoms with Gasteiger partial charge >= 0.3 is 0 Å². The summed E-state index contributed by atoms with van der Waals surface area (Å²) in [5.74, 6) is -4.79. The van der Waals surface area contributed by atoms with E-state index < -0.39 is 46.8 Å². The molecule has 2 saturated heterocycles. The van der Waals surface area contributed by atoms with Crippen molar-refractivity contribution in [3.05, 3.63) is 87.4 Å². The van der Waals surface area contributed by atoms with E-state index in [1.165, 1.54) is 32.3 Å². The van der Waals surface area contributed by atoms with Crippen LogP contribution >= 0.6 is 23.2 Å². The molecule has 4 aliphatic rings. The molecule has 13 heteroatoms. The first-order valence-electron chi connectivity index (χ1n) is 16.3. The molecule has 3 aromatic rings. The summed E-state index contributed by atoms with van der Waals surface area (Å²) in [6, 6.07) is 14.9. The Morgan fingerprint density at radius 1 is 0.880 bits per heavy atom. The van der Waals surface area contributed by atoms with Crippen molar-refractivity contribution in [3.8, 4) is 23.0 Å². The molecular formula is C37H35Cl2N3O8. The number of ether oxygens (including phenoxy) is 3. The summed E-state index contributed by atoms with van der Waals surface area (Å²) in [7, 11) is 4.35. The van der Waals surface area contributed by atoms with Crippen molar-refractivity contribution in [3.63, 3.8) is 0 Å². The summed E-state index contributed by atoms with van der Waals surface area (Å²) >= 11 is 12.7. The Balaban J connectivity index is 1.50. The number of rotatable bonds is 8. The lowest BCUT2D eigenvalue weighted by molar-refractivity contribution is -0.141. The number of phenols is 1. The van der Waals surface area contributed by atoms with E-state index in [9.17, 15) is 19.5 Å². The van der Waals surface area contributed by atoms with Crippen LogP contribution in [0.4, 0.5) is 5.69 Å². The summed E-state index contributed by atoms with van der Waals surface area (Å²) in [5.41, 5.74) is 3.49. The standard InChI is InChI=1S/C37H35Cl2N3O8/c1-5-41-33(44)23-12-11-22-24(30(23)35(41)46)17-25-34(45)42(40-27-13-8-20(38)16-26(27)39)36(47)37(25,19-6-9-21(48-2)10-7-19)31(22)18-14-28(49-3)32(43)29(15-18)50-4/h6-11,13-16,23-25,30-31,40,43H,5,12,17H2,1-4H3/t23-,24+,25-,30-,31-,37+/m0/s1. The van der Waals surface area contributed by atoms with Crippen LogP contribution in [0, 0.1) is 23.7 Å². The highest BCUT2D eigenvalue weighted by molar-refractivity contribution is 6.36. The average Bonchev–Trinajstić information content (AvgIpc) is 3.49. The number of nitrogens with one attached hydrogen (secondary N) is 1. The number of hydrogen-bond donors (Lipinski definition) is 2. The molecular weight excluding hydrogens is 685 g/mol. The molecule has 0 radical (unpaired) electrons. The van der Waals surface area contributed by atoms with Gasteiger partial charge in [-0.25, -0.2) is 0 Å². The largest absolute Gasteiger partial charge is 0.502 e. The van der Waals surface area contributed by atoms with Crippen LogP contribution in [0.25, 0.3) is 0 Å². The topological polar surface area (TPSA) is 135 Å². The van der Waals surface area contributed by atoms with Gasteiger partial charge in [-0.1, -0.05) is 47.0 Å². The number of amides is 4. The van der Waals surface area contributed by atoms with Crippen LogP contribution in [0.3, 0.4) is 0 Å². The zero-order chi connectivity index (χ0) is 35.6. The number of anilines is 1. The SMILES string of the molecule is CCN1C(=O)[C@H]2[C@H](CC=C3[C@H]2C[C@H]2C(=O)N(Nc4ccc(Cl)cc4Cl)C(=O)[C@@]2(c2ccc(OC)cc2)[C@H]3c2cc(OC)c(O)c(OC)c2)C1=O. The molecule has 4 amide bonds. The van der Waals surface area contributed by atoms with Gasteiger partial charge in [0, 0.05) is 17.5 Å². The first-order chi connectivity index (χ1) is 24.0. The predicted molar refractivity (Wildman–Crippen MR) is 184 cm³/mol. The fourth-order valence-corrected chi connectivity index (χ4v) is 9.13. The predicted octanol–water partition coefficient (Wildman–Crippen LogP) is 5.73. The van der Waals surface area contributed by atoms with Crippen molar-refractivity contribution in [1.82, 2.24) is 9.91 Å². The maximum Gasteiger partial charge on any atom is 0.260 e. The third-order valence-electron chi connectivity index (χ3n) is 10.8. The number of hydrazine groups is 1. The van der Waals surface area contributed by atoms with E-state index in [-0.39, 0.29) is 59.2 Å². The zero-order valence-corrected chi connectivity index (χ0v) is 29.2. The quantitative estimate of drug-likeness (QED) is 0.221. The molecule has 2 aliphatic heterocycles. The molecule has 0 spiro atoms. The number of fused-ring (bicyclic) bond motifs is 4. The van der Waals surface area contributed by atoms with Gasteiger partial charge in [-0.15, -0.1) is 0 Å². The number of hydrogen-bond acceptors (Lipinski definition) is 9. The Morgan fingerprint density at radius 3 is 2.16 bits per heavy atom. The lowest BCUT2D eigenvalue weighted by Gasteiger charge is -2.50. The van der Waals surface area contributed by atoms with Crippen LogP contribution in [0.1, 0.15) is 36.8 Å². The Hall–Kier alpha value is -4.74. The number of aromatic hydroxyl groups is 1. The van der Waals surface area contributed by atoms with Crippen LogP contribution in [0.15, 0.2) is 66.2 Å². The lowest BCUT2D eigenvalue weighted by Crippen LogP contribution is -2.53. The number of phenolic OH excluding ortho intramolecular Hbond substituents is 1. The highest BCUT2D eigenvalue weighted by Crippen LogP contribution is 2.65. The van der Waals surface area contributed by atoms with E-state index in [4.69, 9.17) is 37.4 Å². The highest BCUT2D eigenvalue weighted by atomic mass is 35.5. The summed E-state index contributed by atoms with van der Waals surface area (Å²) in [4.78, 5) is 58.9. The van der Waals surface area contributed by atoms with Gasteiger partial charge in [-0.05, 0) is 79.3 Å². The number of benzene rings is 3. The monoisotopic (exact) mass is 719 g/mol.